The summed E-state index contributed by atoms with van der Waals surface area (Å²) in [6.07, 6.45) is 0.335. The third kappa shape index (κ3) is 5.39. The van der Waals surface area contributed by atoms with Gasteiger partial charge in [0.05, 0.1) is 6.61 Å². The average molecular weight is 398 g/mol. The average Bonchev–Trinajstić information content (AvgIpc) is 2.96. The predicted octanol–water partition coefficient (Wildman–Crippen LogP) is 3.61. The van der Waals surface area contributed by atoms with Crippen molar-refractivity contribution < 1.29 is 23.5 Å². The van der Waals surface area contributed by atoms with Crippen LogP contribution >= 0.6 is 0 Å². The maximum absolute atomic E-state index is 13.0. The van der Waals surface area contributed by atoms with Gasteiger partial charge >= 0.3 is 5.97 Å². The lowest BCUT2D eigenvalue weighted by molar-refractivity contribution is -0.141. The van der Waals surface area contributed by atoms with Gasteiger partial charge in [0.1, 0.15) is 17.5 Å². The number of ether oxygens (including phenoxy) is 2. The first kappa shape index (κ1) is 22.1. The van der Waals surface area contributed by atoms with Crippen LogP contribution in [0.2, 0.25) is 0 Å². The molecule has 0 aliphatic rings. The molecule has 0 unspecified atom stereocenters. The second kappa shape index (κ2) is 9.80. The van der Waals surface area contributed by atoms with E-state index in [0.717, 1.165) is 23.5 Å². The van der Waals surface area contributed by atoms with Crippen molar-refractivity contribution >= 4 is 17.8 Å². The number of carbonyl (C=O) groups is 2. The first-order valence-corrected chi connectivity index (χ1v) is 9.06. The minimum Gasteiger partial charge on any atom is -0.450 e. The second-order valence-corrected chi connectivity index (χ2v) is 6.56. The lowest BCUT2D eigenvalue weighted by atomic mass is 10.1. The van der Waals surface area contributed by atoms with Crippen LogP contribution in [0.4, 0.5) is 4.39 Å². The van der Waals surface area contributed by atoms with E-state index in [9.17, 15) is 19.2 Å². The zero-order valence-corrected chi connectivity index (χ0v) is 16.9. The van der Waals surface area contributed by atoms with E-state index in [-0.39, 0.29) is 11.1 Å². The first-order valence-electron chi connectivity index (χ1n) is 9.06. The molecule has 1 atom stereocenters. The van der Waals surface area contributed by atoms with Gasteiger partial charge in [0.2, 0.25) is 5.78 Å². The predicted molar refractivity (Wildman–Crippen MR) is 106 cm³/mol. The molecule has 0 saturated carbocycles. The molecule has 7 heteroatoms. The lowest BCUT2D eigenvalue weighted by Gasteiger charge is -2.12. The number of benzene rings is 1. The fraction of sp³-hybridized carbons (Fsp3) is 0.318. The van der Waals surface area contributed by atoms with Gasteiger partial charge in [-0.25, -0.2) is 9.18 Å². The summed E-state index contributed by atoms with van der Waals surface area (Å²) in [6, 6.07) is 8.64. The molecular formula is C22H23FN2O4. The molecule has 0 amide bonds. The normalized spacial score (nSPS) is 12.3. The van der Waals surface area contributed by atoms with E-state index < -0.39 is 23.7 Å². The zero-order valence-electron chi connectivity index (χ0n) is 16.9. The molecule has 1 heterocycles. The second-order valence-electron chi connectivity index (χ2n) is 6.56. The monoisotopic (exact) mass is 398 g/mol. The summed E-state index contributed by atoms with van der Waals surface area (Å²) in [5.41, 5.74) is 2.57. The Kier molecular flexibility index (Phi) is 7.46. The van der Waals surface area contributed by atoms with Crippen LogP contribution in [-0.2, 0) is 20.8 Å². The molecule has 0 bridgehead atoms. The Balaban J connectivity index is 2.17. The van der Waals surface area contributed by atoms with Gasteiger partial charge in [-0.2, -0.15) is 5.26 Å². The van der Waals surface area contributed by atoms with Gasteiger partial charge in [-0.3, -0.25) is 4.79 Å². The van der Waals surface area contributed by atoms with E-state index in [1.807, 2.05) is 30.6 Å². The molecule has 0 spiro atoms. The van der Waals surface area contributed by atoms with E-state index in [2.05, 4.69) is 0 Å². The van der Waals surface area contributed by atoms with Crippen molar-refractivity contribution in [2.24, 2.45) is 0 Å². The molecule has 29 heavy (non-hydrogen) atoms. The molecule has 1 aromatic heterocycles. The van der Waals surface area contributed by atoms with Gasteiger partial charge in [-0.15, -0.1) is 0 Å². The van der Waals surface area contributed by atoms with Crippen LogP contribution in [0.15, 0.2) is 35.9 Å². The number of aryl methyl sites for hydroxylation is 1. The Morgan fingerprint density at radius 2 is 1.93 bits per heavy atom. The quantitative estimate of drug-likeness (QED) is 0.294. The van der Waals surface area contributed by atoms with Crippen molar-refractivity contribution in [2.75, 3.05) is 13.7 Å². The number of nitrogens with zero attached hydrogens (tertiary/aromatic N) is 2. The van der Waals surface area contributed by atoms with Crippen molar-refractivity contribution in [1.82, 2.24) is 4.57 Å². The number of rotatable bonds is 8. The smallest absolute Gasteiger partial charge is 0.349 e. The molecule has 2 aromatic rings. The molecule has 6 nitrogen and oxygen atoms in total. The number of ketones is 1. The van der Waals surface area contributed by atoms with E-state index in [1.165, 1.54) is 25.1 Å². The molecule has 0 aliphatic carbocycles. The fourth-order valence-corrected chi connectivity index (χ4v) is 2.92. The van der Waals surface area contributed by atoms with Crippen molar-refractivity contribution in [3.63, 3.8) is 0 Å². The molecule has 0 radical (unpaired) electrons. The topological polar surface area (TPSA) is 81.3 Å². The van der Waals surface area contributed by atoms with Crippen LogP contribution in [0.25, 0.3) is 6.08 Å². The maximum atomic E-state index is 13.0. The summed E-state index contributed by atoms with van der Waals surface area (Å²) in [6.45, 7) is 6.41. The summed E-state index contributed by atoms with van der Waals surface area (Å²) in [5, 5.41) is 9.39. The van der Waals surface area contributed by atoms with Crippen LogP contribution in [0.3, 0.4) is 0 Å². The number of nitriles is 1. The van der Waals surface area contributed by atoms with Crippen LogP contribution in [0.1, 0.15) is 34.2 Å². The lowest BCUT2D eigenvalue weighted by Crippen LogP contribution is -2.25. The number of methoxy groups -OCH3 is 1. The van der Waals surface area contributed by atoms with Crippen molar-refractivity contribution in [3.8, 4) is 6.07 Å². The number of esters is 1. The summed E-state index contributed by atoms with van der Waals surface area (Å²) in [4.78, 5) is 24.7. The van der Waals surface area contributed by atoms with Crippen LogP contribution in [0, 0.1) is 31.0 Å². The molecule has 0 fully saturated rings. The van der Waals surface area contributed by atoms with Gasteiger partial charge in [-0.05, 0) is 62.7 Å². The number of hydrogen-bond acceptors (Lipinski definition) is 5. The molecule has 0 N–H and O–H groups in total. The van der Waals surface area contributed by atoms with Crippen molar-refractivity contribution in [1.29, 1.82) is 5.26 Å². The largest absolute Gasteiger partial charge is 0.450 e. The Bertz CT molecular complexity index is 968. The molecular weight excluding hydrogens is 375 g/mol. The van der Waals surface area contributed by atoms with Gasteiger partial charge in [-0.1, -0.05) is 0 Å². The number of hydrogen-bond donors (Lipinski definition) is 0. The van der Waals surface area contributed by atoms with Gasteiger partial charge in [0.15, 0.2) is 6.10 Å². The number of Topliss-reactive ketones (excluding diaryl/α,β-unsaturated/α-hetero) is 1. The van der Waals surface area contributed by atoms with Crippen molar-refractivity contribution in [2.45, 2.75) is 33.4 Å². The standard InChI is InChI=1S/C22H23FN2O4/c1-14-11-18(15(2)25(14)9-10-28-4)12-19(13-24)22(27)29-16(3)21(26)17-5-7-20(23)8-6-17/h5-8,11-12,16H,9-10H2,1-4H3/b19-12+/t16-/m0/s1. The SMILES string of the molecule is COCCn1c(C)cc(/C=C(\C#N)C(=O)O[C@@H](C)C(=O)c2ccc(F)cc2)c1C. The number of halogens is 1. The zero-order chi connectivity index (χ0) is 21.6. The summed E-state index contributed by atoms with van der Waals surface area (Å²) in [5.74, 6) is -1.84. The molecule has 2 rings (SSSR count). The van der Waals surface area contributed by atoms with Gasteiger partial charge in [0, 0.05) is 30.6 Å². The number of carbonyl (C=O) groups excluding carboxylic acids is 2. The number of aromatic nitrogens is 1. The third-order valence-corrected chi connectivity index (χ3v) is 4.55. The van der Waals surface area contributed by atoms with E-state index in [1.54, 1.807) is 7.11 Å². The molecule has 0 aliphatic heterocycles. The fourth-order valence-electron chi connectivity index (χ4n) is 2.92. The van der Waals surface area contributed by atoms with E-state index >= 15 is 0 Å². The Morgan fingerprint density at radius 3 is 2.52 bits per heavy atom. The van der Waals surface area contributed by atoms with Crippen molar-refractivity contribution in [3.05, 3.63) is 64.2 Å². The summed E-state index contributed by atoms with van der Waals surface area (Å²) in [7, 11) is 1.62. The molecule has 1 aromatic carbocycles. The highest BCUT2D eigenvalue weighted by molar-refractivity contribution is 6.03. The third-order valence-electron chi connectivity index (χ3n) is 4.55. The van der Waals surface area contributed by atoms with E-state index in [4.69, 9.17) is 9.47 Å². The Morgan fingerprint density at radius 1 is 1.28 bits per heavy atom. The molecule has 152 valence electrons. The Hall–Kier alpha value is -3.24. The molecule has 0 saturated heterocycles. The Labute approximate surface area is 169 Å². The highest BCUT2D eigenvalue weighted by Gasteiger charge is 2.22. The minimum absolute atomic E-state index is 0.212. The highest BCUT2D eigenvalue weighted by Crippen LogP contribution is 2.19. The van der Waals surface area contributed by atoms with Gasteiger partial charge < -0.3 is 14.0 Å². The minimum atomic E-state index is -1.11. The maximum Gasteiger partial charge on any atom is 0.349 e. The van der Waals surface area contributed by atoms with E-state index in [0.29, 0.717) is 18.7 Å². The van der Waals surface area contributed by atoms with Crippen LogP contribution in [0.5, 0.6) is 0 Å². The summed E-state index contributed by atoms with van der Waals surface area (Å²) >= 11 is 0. The van der Waals surface area contributed by atoms with Gasteiger partial charge in [0.25, 0.3) is 0 Å². The van der Waals surface area contributed by atoms with Crippen LogP contribution < -0.4 is 0 Å². The summed E-state index contributed by atoms with van der Waals surface area (Å²) < 4.78 is 25.3. The van der Waals surface area contributed by atoms with Crippen LogP contribution in [-0.4, -0.2) is 36.1 Å². The first-order chi connectivity index (χ1) is 13.8. The highest BCUT2D eigenvalue weighted by atomic mass is 19.1.